The van der Waals surface area contributed by atoms with E-state index in [9.17, 15) is 9.59 Å². The third-order valence-electron chi connectivity index (χ3n) is 5.98. The first-order chi connectivity index (χ1) is 18.0. The van der Waals surface area contributed by atoms with Gasteiger partial charge in [0.2, 0.25) is 11.8 Å². The van der Waals surface area contributed by atoms with Crippen molar-refractivity contribution in [2.75, 3.05) is 17.2 Å². The third-order valence-corrected chi connectivity index (χ3v) is 6.27. The Kier molecular flexibility index (Phi) is 6.96. The zero-order valence-electron chi connectivity index (χ0n) is 19.7. The maximum Gasteiger partial charge on any atom is 0.247 e. The number of ether oxygens (including phenoxy) is 1. The molecule has 2 aromatic carbocycles. The second-order valence-electron chi connectivity index (χ2n) is 8.36. The lowest BCUT2D eigenvalue weighted by molar-refractivity contribution is -0.141. The van der Waals surface area contributed by atoms with Gasteiger partial charge in [-0.3, -0.25) is 14.6 Å². The van der Waals surface area contributed by atoms with Crippen molar-refractivity contribution in [1.82, 2.24) is 19.9 Å². The van der Waals surface area contributed by atoms with Crippen LogP contribution in [0.5, 0.6) is 5.75 Å². The van der Waals surface area contributed by atoms with Gasteiger partial charge in [0.25, 0.3) is 0 Å². The normalized spacial score (nSPS) is 14.5. The van der Waals surface area contributed by atoms with Crippen LogP contribution < -0.4 is 15.4 Å². The molecule has 0 unspecified atom stereocenters. The Labute approximate surface area is 218 Å². The van der Waals surface area contributed by atoms with E-state index in [0.717, 1.165) is 5.69 Å². The van der Waals surface area contributed by atoms with Crippen molar-refractivity contribution in [3.63, 3.8) is 0 Å². The Morgan fingerprint density at radius 1 is 1.11 bits per heavy atom. The molecule has 10 heteroatoms. The Balaban J connectivity index is 1.31. The van der Waals surface area contributed by atoms with Gasteiger partial charge < -0.3 is 20.3 Å². The van der Waals surface area contributed by atoms with Crippen LogP contribution in [-0.4, -0.2) is 44.3 Å². The summed E-state index contributed by atoms with van der Waals surface area (Å²) in [5.41, 5.74) is 2.78. The van der Waals surface area contributed by atoms with Gasteiger partial charge in [-0.2, -0.15) is 0 Å². The van der Waals surface area contributed by atoms with Crippen LogP contribution in [0.25, 0.3) is 10.9 Å². The van der Waals surface area contributed by atoms with E-state index >= 15 is 0 Å². The molecule has 3 heterocycles. The first-order valence-corrected chi connectivity index (χ1v) is 12.0. The van der Waals surface area contributed by atoms with Crippen molar-refractivity contribution in [3.8, 4) is 5.75 Å². The minimum Gasteiger partial charge on any atom is -0.486 e. The fourth-order valence-electron chi connectivity index (χ4n) is 3.97. The molecule has 37 heavy (non-hydrogen) atoms. The number of nitrogens with one attached hydrogen (secondary N) is 2. The molecule has 1 aliphatic rings. The molecule has 4 aromatic rings. The van der Waals surface area contributed by atoms with E-state index in [1.165, 1.54) is 17.3 Å². The number of rotatable bonds is 8. The number of halogens is 1. The Morgan fingerprint density at radius 2 is 1.97 bits per heavy atom. The number of anilines is 3. The molecule has 5 rings (SSSR count). The highest BCUT2D eigenvalue weighted by atomic mass is 35.5. The Hall–Kier alpha value is -4.50. The molecule has 1 atom stereocenters. The lowest BCUT2D eigenvalue weighted by atomic mass is 10.0. The molecule has 0 saturated carbocycles. The number of benzene rings is 2. The summed E-state index contributed by atoms with van der Waals surface area (Å²) in [5, 5.41) is 7.30. The zero-order valence-corrected chi connectivity index (χ0v) is 20.5. The van der Waals surface area contributed by atoms with Crippen molar-refractivity contribution in [3.05, 3.63) is 90.5 Å². The van der Waals surface area contributed by atoms with Gasteiger partial charge in [-0.15, -0.1) is 0 Å². The molecule has 1 fully saturated rings. The van der Waals surface area contributed by atoms with Crippen molar-refractivity contribution < 1.29 is 14.3 Å². The maximum absolute atomic E-state index is 12.7. The van der Waals surface area contributed by atoms with Crippen LogP contribution in [0.3, 0.4) is 0 Å². The highest BCUT2D eigenvalue weighted by molar-refractivity contribution is 6.32. The summed E-state index contributed by atoms with van der Waals surface area (Å²) in [6, 6.07) is 15.8. The highest BCUT2D eigenvalue weighted by Gasteiger charge is 2.36. The van der Waals surface area contributed by atoms with Crippen LogP contribution in [-0.2, 0) is 16.2 Å². The summed E-state index contributed by atoms with van der Waals surface area (Å²) < 4.78 is 5.80. The second-order valence-corrected chi connectivity index (χ2v) is 8.77. The SMILES string of the molecule is C=CC(=O)N1CC[C@H]1C(=O)Nc1ccc2ncnc(Nc3ccc(OCc4ccccn4)c(Cl)c3)c2c1. The molecule has 186 valence electrons. The molecule has 0 spiro atoms. The molecular formula is C27H23ClN6O3. The van der Waals surface area contributed by atoms with E-state index in [0.29, 0.717) is 58.4 Å². The molecule has 9 nitrogen and oxygen atoms in total. The Bertz CT molecular complexity index is 1480. The smallest absolute Gasteiger partial charge is 0.247 e. The number of pyridine rings is 1. The topological polar surface area (TPSA) is 109 Å². The summed E-state index contributed by atoms with van der Waals surface area (Å²) in [5.74, 6) is 0.582. The van der Waals surface area contributed by atoms with Crippen LogP contribution >= 0.6 is 11.6 Å². The van der Waals surface area contributed by atoms with Crippen LogP contribution in [0.2, 0.25) is 5.02 Å². The molecular weight excluding hydrogens is 492 g/mol. The summed E-state index contributed by atoms with van der Waals surface area (Å²) in [7, 11) is 0. The summed E-state index contributed by atoms with van der Waals surface area (Å²) in [6.07, 6.45) is 5.00. The molecule has 2 N–H and O–H groups in total. The number of nitrogens with zero attached hydrogens (tertiary/aromatic N) is 4. The lowest BCUT2D eigenvalue weighted by Crippen LogP contribution is -2.56. The quantitative estimate of drug-likeness (QED) is 0.327. The van der Waals surface area contributed by atoms with E-state index in [2.05, 4.69) is 32.2 Å². The largest absolute Gasteiger partial charge is 0.486 e. The number of likely N-dealkylation sites (tertiary alicyclic amines) is 1. The number of amides is 2. The highest BCUT2D eigenvalue weighted by Crippen LogP contribution is 2.31. The van der Waals surface area contributed by atoms with Gasteiger partial charge in [0, 0.05) is 29.5 Å². The fourth-order valence-corrected chi connectivity index (χ4v) is 4.20. The summed E-state index contributed by atoms with van der Waals surface area (Å²) >= 11 is 6.46. The van der Waals surface area contributed by atoms with Crippen molar-refractivity contribution >= 4 is 51.5 Å². The second kappa shape index (κ2) is 10.6. The van der Waals surface area contributed by atoms with Crippen LogP contribution in [0, 0.1) is 0 Å². The van der Waals surface area contributed by atoms with Crippen LogP contribution in [0.4, 0.5) is 17.2 Å². The number of aromatic nitrogens is 3. The lowest BCUT2D eigenvalue weighted by Gasteiger charge is -2.39. The van der Waals surface area contributed by atoms with Crippen molar-refractivity contribution in [1.29, 1.82) is 0 Å². The fraction of sp³-hybridized carbons (Fsp3) is 0.148. The Morgan fingerprint density at radius 3 is 2.70 bits per heavy atom. The maximum atomic E-state index is 12.7. The van der Waals surface area contributed by atoms with Crippen LogP contribution in [0.15, 0.2) is 79.8 Å². The molecule has 1 aliphatic heterocycles. The standard InChI is InChI=1S/C27H23ClN6O3/c1-2-25(35)34-12-10-23(34)27(36)33-17-6-8-22-20(13-17)26(31-16-30-22)32-18-7-9-24(21(28)14-18)37-15-19-5-3-4-11-29-19/h2-9,11,13-14,16,23H,1,10,12,15H2,(H,33,36)(H,30,31,32)/t23-/m0/s1. The predicted octanol–water partition coefficient (Wildman–Crippen LogP) is 4.73. The van der Waals surface area contributed by atoms with Crippen molar-refractivity contribution in [2.24, 2.45) is 0 Å². The van der Waals surface area contributed by atoms with Gasteiger partial charge in [-0.05, 0) is 61.0 Å². The molecule has 0 aliphatic carbocycles. The summed E-state index contributed by atoms with van der Waals surface area (Å²) in [4.78, 5) is 39.0. The number of hydrogen-bond acceptors (Lipinski definition) is 7. The van der Waals surface area contributed by atoms with Gasteiger partial charge >= 0.3 is 0 Å². The summed E-state index contributed by atoms with van der Waals surface area (Å²) in [6.45, 7) is 4.33. The van der Waals surface area contributed by atoms with Crippen LogP contribution in [0.1, 0.15) is 12.1 Å². The van der Waals surface area contributed by atoms with E-state index in [4.69, 9.17) is 16.3 Å². The first-order valence-electron chi connectivity index (χ1n) is 11.6. The van der Waals surface area contributed by atoms with Gasteiger partial charge in [0.15, 0.2) is 0 Å². The average molecular weight is 515 g/mol. The monoisotopic (exact) mass is 514 g/mol. The number of fused-ring (bicyclic) bond motifs is 1. The number of carbonyl (C=O) groups excluding carboxylic acids is 2. The van der Waals surface area contributed by atoms with E-state index in [-0.39, 0.29) is 11.8 Å². The van der Waals surface area contributed by atoms with Gasteiger partial charge in [0.05, 0.1) is 16.2 Å². The molecule has 2 amide bonds. The van der Waals surface area contributed by atoms with E-state index in [1.807, 2.05) is 24.3 Å². The molecule has 1 saturated heterocycles. The average Bonchev–Trinajstić information content (AvgIpc) is 2.88. The zero-order chi connectivity index (χ0) is 25.8. The third kappa shape index (κ3) is 5.36. The first kappa shape index (κ1) is 24.2. The predicted molar refractivity (Wildman–Crippen MR) is 142 cm³/mol. The van der Waals surface area contributed by atoms with E-state index in [1.54, 1.807) is 36.5 Å². The molecule has 2 aromatic heterocycles. The van der Waals surface area contributed by atoms with Gasteiger partial charge in [-0.25, -0.2) is 9.97 Å². The van der Waals surface area contributed by atoms with Gasteiger partial charge in [0.1, 0.15) is 30.5 Å². The molecule has 0 radical (unpaired) electrons. The molecule has 0 bridgehead atoms. The van der Waals surface area contributed by atoms with E-state index < -0.39 is 6.04 Å². The number of carbonyl (C=O) groups is 2. The van der Waals surface area contributed by atoms with Gasteiger partial charge in [-0.1, -0.05) is 24.2 Å². The minimum absolute atomic E-state index is 0.250. The minimum atomic E-state index is -0.508. The number of hydrogen-bond donors (Lipinski definition) is 2. The van der Waals surface area contributed by atoms with Crippen molar-refractivity contribution in [2.45, 2.75) is 19.1 Å².